The van der Waals surface area contributed by atoms with Gasteiger partial charge in [-0.2, -0.15) is 0 Å². The summed E-state index contributed by atoms with van der Waals surface area (Å²) < 4.78 is 3.66. The molecule has 1 aromatic rings. The number of aromatic nitrogens is 2. The number of carboxylic acid groups (broad SMARTS) is 1. The molecule has 0 saturated carbocycles. The lowest BCUT2D eigenvalue weighted by molar-refractivity contribution is -0.137. The van der Waals surface area contributed by atoms with E-state index in [0.717, 1.165) is 18.0 Å². The van der Waals surface area contributed by atoms with E-state index in [0.29, 0.717) is 24.5 Å². The van der Waals surface area contributed by atoms with Crippen molar-refractivity contribution in [3.63, 3.8) is 0 Å². The highest BCUT2D eigenvalue weighted by Gasteiger charge is 2.26. The highest BCUT2D eigenvalue weighted by atomic mass is 32.1. The average molecular weight is 270 g/mol. The van der Waals surface area contributed by atoms with Gasteiger partial charge >= 0.3 is 12.0 Å². The number of likely N-dealkylation sites (tertiary alicyclic amines) is 1. The highest BCUT2D eigenvalue weighted by Crippen LogP contribution is 2.22. The first-order valence-corrected chi connectivity index (χ1v) is 6.47. The van der Waals surface area contributed by atoms with Crippen LogP contribution in [0.3, 0.4) is 0 Å². The van der Waals surface area contributed by atoms with Gasteiger partial charge in [0.05, 0.1) is 6.20 Å². The summed E-state index contributed by atoms with van der Waals surface area (Å²) in [4.78, 5) is 24.0. The van der Waals surface area contributed by atoms with Gasteiger partial charge in [0, 0.05) is 31.0 Å². The third-order valence-electron chi connectivity index (χ3n) is 2.93. The molecule has 0 bridgehead atoms. The summed E-state index contributed by atoms with van der Waals surface area (Å²) in [6, 6.07) is -0.168. The molecule has 1 atom stereocenters. The van der Waals surface area contributed by atoms with Gasteiger partial charge in [0.25, 0.3) is 0 Å². The van der Waals surface area contributed by atoms with Gasteiger partial charge in [-0.15, -0.1) is 5.10 Å². The number of anilines is 1. The molecule has 0 aromatic carbocycles. The van der Waals surface area contributed by atoms with Crippen molar-refractivity contribution >= 4 is 28.5 Å². The second-order valence-corrected chi connectivity index (χ2v) is 5.03. The van der Waals surface area contributed by atoms with Crippen LogP contribution in [-0.4, -0.2) is 44.7 Å². The van der Waals surface area contributed by atoms with Crippen LogP contribution in [-0.2, 0) is 4.79 Å². The van der Waals surface area contributed by atoms with Crippen LogP contribution in [0.1, 0.15) is 19.3 Å². The van der Waals surface area contributed by atoms with Crippen molar-refractivity contribution in [1.29, 1.82) is 0 Å². The molecule has 2 rings (SSSR count). The Kier molecular flexibility index (Phi) is 4.08. The number of amides is 2. The van der Waals surface area contributed by atoms with Gasteiger partial charge in [0.1, 0.15) is 5.00 Å². The smallest absolute Gasteiger partial charge is 0.322 e. The maximum absolute atomic E-state index is 11.8. The van der Waals surface area contributed by atoms with Crippen molar-refractivity contribution in [2.24, 2.45) is 5.92 Å². The molecule has 2 heterocycles. The summed E-state index contributed by atoms with van der Waals surface area (Å²) in [7, 11) is 0. The molecule has 0 spiro atoms. The summed E-state index contributed by atoms with van der Waals surface area (Å²) in [6.07, 6.45) is 3.16. The first kappa shape index (κ1) is 12.7. The number of carbonyl (C=O) groups is 2. The lowest BCUT2D eigenvalue weighted by Crippen LogP contribution is -2.32. The Labute approximate surface area is 108 Å². The van der Waals surface area contributed by atoms with E-state index in [1.54, 1.807) is 4.90 Å². The normalized spacial score (nSPS) is 18.9. The Balaban J connectivity index is 1.77. The van der Waals surface area contributed by atoms with E-state index in [1.807, 2.05) is 0 Å². The zero-order valence-electron chi connectivity index (χ0n) is 9.70. The number of nitrogens with one attached hydrogen (secondary N) is 1. The largest absolute Gasteiger partial charge is 0.481 e. The van der Waals surface area contributed by atoms with Crippen molar-refractivity contribution in [3.05, 3.63) is 6.20 Å². The Morgan fingerprint density at radius 3 is 3.11 bits per heavy atom. The van der Waals surface area contributed by atoms with Gasteiger partial charge in [-0.3, -0.25) is 10.1 Å². The van der Waals surface area contributed by atoms with Crippen molar-refractivity contribution in [3.8, 4) is 0 Å². The standard InChI is InChI=1S/C10H14N4O3S/c15-9(16)2-1-7-3-4-14(6-7)10(17)12-8-5-11-13-18-8/h5,7H,1-4,6H2,(H,12,17)(H,15,16). The lowest BCUT2D eigenvalue weighted by atomic mass is 10.0. The SMILES string of the molecule is O=C(O)CCC1CCN(C(=O)Nc2cnns2)C1. The van der Waals surface area contributed by atoms with Gasteiger partial charge in [-0.05, 0) is 18.8 Å². The third kappa shape index (κ3) is 3.39. The predicted molar refractivity (Wildman–Crippen MR) is 65.5 cm³/mol. The van der Waals surface area contributed by atoms with Gasteiger partial charge in [0.2, 0.25) is 0 Å². The van der Waals surface area contributed by atoms with Gasteiger partial charge in [0.15, 0.2) is 0 Å². The van der Waals surface area contributed by atoms with E-state index in [-0.39, 0.29) is 18.4 Å². The molecule has 1 fully saturated rings. The van der Waals surface area contributed by atoms with E-state index < -0.39 is 5.97 Å². The van der Waals surface area contributed by atoms with Crippen LogP contribution >= 0.6 is 11.5 Å². The summed E-state index contributed by atoms with van der Waals surface area (Å²) in [5, 5.41) is 15.6. The number of rotatable bonds is 4. The van der Waals surface area contributed by atoms with Crippen molar-refractivity contribution < 1.29 is 14.7 Å². The molecule has 18 heavy (non-hydrogen) atoms. The fourth-order valence-corrected chi connectivity index (χ4v) is 2.40. The molecule has 1 aromatic heterocycles. The van der Waals surface area contributed by atoms with E-state index in [4.69, 9.17) is 5.11 Å². The van der Waals surface area contributed by atoms with Crippen molar-refractivity contribution in [2.75, 3.05) is 18.4 Å². The van der Waals surface area contributed by atoms with E-state index >= 15 is 0 Å². The molecule has 1 saturated heterocycles. The number of aliphatic carboxylic acids is 1. The second kappa shape index (κ2) is 5.76. The zero-order valence-corrected chi connectivity index (χ0v) is 10.5. The quantitative estimate of drug-likeness (QED) is 0.858. The molecule has 1 unspecified atom stereocenters. The average Bonchev–Trinajstić information content (AvgIpc) is 2.96. The van der Waals surface area contributed by atoms with Crippen molar-refractivity contribution in [1.82, 2.24) is 14.5 Å². The number of nitrogens with zero attached hydrogens (tertiary/aromatic N) is 3. The molecule has 8 heteroatoms. The monoisotopic (exact) mass is 270 g/mol. The van der Waals surface area contributed by atoms with Crippen LogP contribution in [0.4, 0.5) is 9.80 Å². The lowest BCUT2D eigenvalue weighted by Gasteiger charge is -2.16. The summed E-state index contributed by atoms with van der Waals surface area (Å²) in [6.45, 7) is 1.29. The van der Waals surface area contributed by atoms with Gasteiger partial charge in [-0.25, -0.2) is 4.79 Å². The molecule has 0 aliphatic carbocycles. The summed E-state index contributed by atoms with van der Waals surface area (Å²) in [5.41, 5.74) is 0. The Hall–Kier alpha value is -1.70. The van der Waals surface area contributed by atoms with E-state index in [1.165, 1.54) is 6.20 Å². The molecule has 2 amide bonds. The maximum Gasteiger partial charge on any atom is 0.322 e. The number of hydrogen-bond donors (Lipinski definition) is 2. The van der Waals surface area contributed by atoms with E-state index in [9.17, 15) is 9.59 Å². The Morgan fingerprint density at radius 1 is 1.61 bits per heavy atom. The second-order valence-electron chi connectivity index (χ2n) is 4.25. The number of carbonyl (C=O) groups excluding carboxylic acids is 1. The van der Waals surface area contributed by atoms with Crippen LogP contribution in [0, 0.1) is 5.92 Å². The van der Waals surface area contributed by atoms with Gasteiger partial charge in [-0.1, -0.05) is 4.49 Å². The molecule has 7 nitrogen and oxygen atoms in total. The summed E-state index contributed by atoms with van der Waals surface area (Å²) >= 11 is 1.13. The van der Waals surface area contributed by atoms with E-state index in [2.05, 4.69) is 14.9 Å². The molecule has 1 aliphatic heterocycles. The van der Waals surface area contributed by atoms with Crippen LogP contribution in [0.2, 0.25) is 0 Å². The molecular weight excluding hydrogens is 256 g/mol. The Morgan fingerprint density at radius 2 is 2.44 bits per heavy atom. The minimum atomic E-state index is -0.784. The molecule has 2 N–H and O–H groups in total. The van der Waals surface area contributed by atoms with Crippen LogP contribution in [0.5, 0.6) is 0 Å². The van der Waals surface area contributed by atoms with Crippen LogP contribution < -0.4 is 5.32 Å². The van der Waals surface area contributed by atoms with Crippen LogP contribution in [0.15, 0.2) is 6.20 Å². The first-order chi connectivity index (χ1) is 8.65. The fraction of sp³-hybridized carbons (Fsp3) is 0.600. The zero-order chi connectivity index (χ0) is 13.0. The minimum absolute atomic E-state index is 0.166. The summed E-state index contributed by atoms with van der Waals surface area (Å²) in [5.74, 6) is -0.500. The van der Waals surface area contributed by atoms with Crippen LogP contribution in [0.25, 0.3) is 0 Å². The first-order valence-electron chi connectivity index (χ1n) is 5.70. The number of hydrogen-bond acceptors (Lipinski definition) is 5. The number of carboxylic acids is 1. The fourth-order valence-electron chi connectivity index (χ4n) is 1.99. The minimum Gasteiger partial charge on any atom is -0.481 e. The third-order valence-corrected chi connectivity index (χ3v) is 3.51. The molecule has 98 valence electrons. The molecule has 1 aliphatic rings. The topological polar surface area (TPSA) is 95.4 Å². The molecule has 0 radical (unpaired) electrons. The molecular formula is C10H14N4O3S. The predicted octanol–water partition coefficient (Wildman–Crippen LogP) is 1.26. The highest BCUT2D eigenvalue weighted by molar-refractivity contribution is 7.10. The van der Waals surface area contributed by atoms with Crippen molar-refractivity contribution in [2.45, 2.75) is 19.3 Å². The maximum atomic E-state index is 11.8. The Bertz CT molecular complexity index is 423. The van der Waals surface area contributed by atoms with Gasteiger partial charge < -0.3 is 10.0 Å². The number of urea groups is 1.